The van der Waals surface area contributed by atoms with Crippen molar-refractivity contribution in [3.05, 3.63) is 29.8 Å². The quantitative estimate of drug-likeness (QED) is 0.780. The van der Waals surface area contributed by atoms with Crippen LogP contribution in [0.25, 0.3) is 0 Å². The van der Waals surface area contributed by atoms with Crippen LogP contribution in [0.4, 0.5) is 0 Å². The Morgan fingerprint density at radius 3 is 2.44 bits per heavy atom. The van der Waals surface area contributed by atoms with Gasteiger partial charge in [-0.25, -0.2) is 0 Å². The summed E-state index contributed by atoms with van der Waals surface area (Å²) in [6.07, 6.45) is 2.84. The molecule has 1 rings (SSSR count). The molecule has 0 fully saturated rings. The number of hydrogen-bond acceptors (Lipinski definition) is 2. The summed E-state index contributed by atoms with van der Waals surface area (Å²) in [6.45, 7) is 8.43. The van der Waals surface area contributed by atoms with Crippen LogP contribution in [0.1, 0.15) is 58.6 Å². The lowest BCUT2D eigenvalue weighted by molar-refractivity contribution is 0.161. The zero-order valence-corrected chi connectivity index (χ0v) is 12.0. The molecule has 0 aliphatic carbocycles. The third-order valence-electron chi connectivity index (χ3n) is 2.87. The molecule has 1 aromatic rings. The highest BCUT2D eigenvalue weighted by molar-refractivity contribution is 5.30. The van der Waals surface area contributed by atoms with Crippen LogP contribution in [0.3, 0.4) is 0 Å². The molecular formula is C16H26O2. The van der Waals surface area contributed by atoms with Gasteiger partial charge in [0.15, 0.2) is 0 Å². The van der Waals surface area contributed by atoms with Gasteiger partial charge in [-0.1, -0.05) is 38.8 Å². The molecular weight excluding hydrogens is 224 g/mol. The Kier molecular flexibility index (Phi) is 6.20. The molecule has 0 saturated heterocycles. The van der Waals surface area contributed by atoms with Crippen LogP contribution in [-0.4, -0.2) is 11.2 Å². The van der Waals surface area contributed by atoms with Crippen molar-refractivity contribution >= 4 is 0 Å². The van der Waals surface area contributed by atoms with E-state index >= 15 is 0 Å². The van der Waals surface area contributed by atoms with E-state index in [0.29, 0.717) is 5.92 Å². The van der Waals surface area contributed by atoms with Gasteiger partial charge >= 0.3 is 0 Å². The molecule has 0 aliphatic rings. The highest BCUT2D eigenvalue weighted by atomic mass is 16.5. The molecule has 0 aromatic heterocycles. The minimum Gasteiger partial charge on any atom is -0.491 e. The fourth-order valence-electron chi connectivity index (χ4n) is 1.95. The van der Waals surface area contributed by atoms with Crippen molar-refractivity contribution in [1.82, 2.24) is 0 Å². The van der Waals surface area contributed by atoms with Crippen molar-refractivity contribution < 1.29 is 9.84 Å². The van der Waals surface area contributed by atoms with Gasteiger partial charge in [-0.05, 0) is 43.9 Å². The molecule has 0 heterocycles. The van der Waals surface area contributed by atoms with E-state index in [2.05, 4.69) is 13.8 Å². The van der Waals surface area contributed by atoms with Crippen LogP contribution in [0, 0.1) is 5.92 Å². The van der Waals surface area contributed by atoms with Crippen LogP contribution < -0.4 is 4.74 Å². The average Bonchev–Trinajstić information content (AvgIpc) is 2.27. The normalized spacial score (nSPS) is 13.1. The molecule has 0 saturated carbocycles. The first kappa shape index (κ1) is 15.0. The zero-order valence-electron chi connectivity index (χ0n) is 12.0. The molecule has 2 heteroatoms. The Morgan fingerprint density at radius 2 is 1.83 bits per heavy atom. The van der Waals surface area contributed by atoms with E-state index in [1.54, 1.807) is 0 Å². The van der Waals surface area contributed by atoms with Gasteiger partial charge in [-0.15, -0.1) is 0 Å². The fourth-order valence-corrected chi connectivity index (χ4v) is 1.95. The second kappa shape index (κ2) is 7.42. The Balaban J connectivity index is 2.54. The summed E-state index contributed by atoms with van der Waals surface area (Å²) >= 11 is 0. The van der Waals surface area contributed by atoms with Gasteiger partial charge in [-0.3, -0.25) is 0 Å². The predicted octanol–water partition coefficient (Wildman–Crippen LogP) is 4.33. The maximum Gasteiger partial charge on any atom is 0.120 e. The molecule has 0 amide bonds. The fraction of sp³-hybridized carbons (Fsp3) is 0.625. The number of aliphatic hydroxyl groups is 1. The smallest absolute Gasteiger partial charge is 0.120 e. The monoisotopic (exact) mass is 250 g/mol. The van der Waals surface area contributed by atoms with Crippen molar-refractivity contribution in [1.29, 1.82) is 0 Å². The highest BCUT2D eigenvalue weighted by Gasteiger charge is 2.09. The van der Waals surface area contributed by atoms with Crippen LogP contribution in [0.2, 0.25) is 0 Å². The minimum atomic E-state index is -0.375. The number of ether oxygens (including phenoxy) is 1. The number of hydrogen-bond donors (Lipinski definition) is 1. The average molecular weight is 250 g/mol. The van der Waals surface area contributed by atoms with Crippen molar-refractivity contribution in [2.24, 2.45) is 5.92 Å². The first-order valence-electron chi connectivity index (χ1n) is 6.93. The molecule has 1 unspecified atom stereocenters. The largest absolute Gasteiger partial charge is 0.491 e. The third-order valence-corrected chi connectivity index (χ3v) is 2.87. The maximum atomic E-state index is 10.1. The van der Waals surface area contributed by atoms with Crippen LogP contribution in [-0.2, 0) is 0 Å². The van der Waals surface area contributed by atoms with E-state index < -0.39 is 0 Å². The van der Waals surface area contributed by atoms with Gasteiger partial charge in [0.25, 0.3) is 0 Å². The lowest BCUT2D eigenvalue weighted by atomic mass is 10.00. The van der Waals surface area contributed by atoms with Crippen molar-refractivity contribution in [2.45, 2.75) is 59.2 Å². The molecule has 0 aliphatic heterocycles. The summed E-state index contributed by atoms with van der Waals surface area (Å²) in [7, 11) is 0. The van der Waals surface area contributed by atoms with Crippen LogP contribution >= 0.6 is 0 Å². The second-order valence-corrected chi connectivity index (χ2v) is 5.58. The first-order valence-corrected chi connectivity index (χ1v) is 6.93. The Bertz CT molecular complexity index is 345. The number of rotatable bonds is 7. The summed E-state index contributed by atoms with van der Waals surface area (Å²) in [4.78, 5) is 0. The maximum absolute atomic E-state index is 10.1. The number of benzene rings is 1. The standard InChI is InChI=1S/C16H26O2/c1-12(2)7-5-10-16(17)14-8-6-9-15(11-14)18-13(3)4/h6,8-9,11-13,16-17H,5,7,10H2,1-4H3. The van der Waals surface area contributed by atoms with E-state index in [4.69, 9.17) is 4.74 Å². The van der Waals surface area contributed by atoms with E-state index in [0.717, 1.165) is 24.2 Å². The van der Waals surface area contributed by atoms with Gasteiger partial charge in [-0.2, -0.15) is 0 Å². The topological polar surface area (TPSA) is 29.5 Å². The predicted molar refractivity (Wildman–Crippen MR) is 75.9 cm³/mol. The molecule has 2 nitrogen and oxygen atoms in total. The van der Waals surface area contributed by atoms with Gasteiger partial charge in [0.05, 0.1) is 12.2 Å². The molecule has 1 aromatic carbocycles. The van der Waals surface area contributed by atoms with Crippen molar-refractivity contribution in [2.75, 3.05) is 0 Å². The van der Waals surface area contributed by atoms with E-state index in [9.17, 15) is 5.11 Å². The van der Waals surface area contributed by atoms with Gasteiger partial charge in [0.2, 0.25) is 0 Å². The van der Waals surface area contributed by atoms with E-state index in [1.807, 2.05) is 38.1 Å². The van der Waals surface area contributed by atoms with E-state index in [1.165, 1.54) is 6.42 Å². The minimum absolute atomic E-state index is 0.165. The van der Waals surface area contributed by atoms with Crippen molar-refractivity contribution in [3.8, 4) is 5.75 Å². The summed E-state index contributed by atoms with van der Waals surface area (Å²) in [5.41, 5.74) is 0.955. The third kappa shape index (κ3) is 5.54. The van der Waals surface area contributed by atoms with Gasteiger partial charge < -0.3 is 9.84 Å². The zero-order chi connectivity index (χ0) is 13.5. The molecule has 1 N–H and O–H groups in total. The highest BCUT2D eigenvalue weighted by Crippen LogP contribution is 2.24. The summed E-state index contributed by atoms with van der Waals surface area (Å²) in [5, 5.41) is 10.1. The molecule has 1 atom stereocenters. The molecule has 18 heavy (non-hydrogen) atoms. The van der Waals surface area contributed by atoms with Crippen molar-refractivity contribution in [3.63, 3.8) is 0 Å². The molecule has 102 valence electrons. The van der Waals surface area contributed by atoms with Crippen LogP contribution in [0.5, 0.6) is 5.75 Å². The molecule has 0 radical (unpaired) electrons. The second-order valence-electron chi connectivity index (χ2n) is 5.58. The first-order chi connectivity index (χ1) is 8.49. The van der Waals surface area contributed by atoms with Crippen LogP contribution in [0.15, 0.2) is 24.3 Å². The van der Waals surface area contributed by atoms with Gasteiger partial charge in [0.1, 0.15) is 5.75 Å². The summed E-state index contributed by atoms with van der Waals surface area (Å²) in [5.74, 6) is 1.54. The summed E-state index contributed by atoms with van der Waals surface area (Å²) in [6, 6.07) is 7.79. The van der Waals surface area contributed by atoms with E-state index in [-0.39, 0.29) is 12.2 Å². The Morgan fingerprint density at radius 1 is 1.11 bits per heavy atom. The van der Waals surface area contributed by atoms with Gasteiger partial charge in [0, 0.05) is 0 Å². The SMILES string of the molecule is CC(C)CCCC(O)c1cccc(OC(C)C)c1. The number of aliphatic hydroxyl groups excluding tert-OH is 1. The Labute approximate surface area is 111 Å². The Hall–Kier alpha value is -1.02. The molecule has 0 bridgehead atoms. The lowest BCUT2D eigenvalue weighted by Crippen LogP contribution is -2.06. The molecule has 0 spiro atoms. The lowest BCUT2D eigenvalue weighted by Gasteiger charge is -2.15. The summed E-state index contributed by atoms with van der Waals surface area (Å²) < 4.78 is 5.64.